The third kappa shape index (κ3) is 6.40. The van der Waals surface area contributed by atoms with Crippen molar-refractivity contribution in [2.45, 2.75) is 26.3 Å². The van der Waals surface area contributed by atoms with Gasteiger partial charge in [-0.2, -0.15) is 0 Å². The maximum absolute atomic E-state index is 11.1. The van der Waals surface area contributed by atoms with E-state index in [0.717, 1.165) is 6.42 Å². The molecule has 0 aliphatic rings. The van der Waals surface area contributed by atoms with Crippen LogP contribution < -0.4 is 10.6 Å². The Morgan fingerprint density at radius 2 is 2.00 bits per heavy atom. The van der Waals surface area contributed by atoms with E-state index in [2.05, 4.69) is 10.6 Å². The molecule has 1 atom stereocenters. The minimum absolute atomic E-state index is 0.00407. The van der Waals surface area contributed by atoms with Crippen molar-refractivity contribution < 1.29 is 9.59 Å². The van der Waals surface area contributed by atoms with Gasteiger partial charge in [-0.1, -0.05) is 6.92 Å². The van der Waals surface area contributed by atoms with Crippen LogP contribution in [-0.2, 0) is 9.59 Å². The molecule has 0 aromatic rings. The van der Waals surface area contributed by atoms with Crippen molar-refractivity contribution in [1.29, 1.82) is 0 Å². The highest BCUT2D eigenvalue weighted by atomic mass is 35.5. The van der Waals surface area contributed by atoms with Gasteiger partial charge in [0.15, 0.2) is 0 Å². The number of halogens is 1. The molecule has 13 heavy (non-hydrogen) atoms. The zero-order valence-electron chi connectivity index (χ0n) is 7.89. The minimum atomic E-state index is -0.332. The molecule has 0 fully saturated rings. The van der Waals surface area contributed by atoms with E-state index in [1.807, 2.05) is 13.8 Å². The van der Waals surface area contributed by atoms with E-state index in [1.165, 1.54) is 0 Å². The Bertz CT molecular complexity index is 185. The van der Waals surface area contributed by atoms with Crippen LogP contribution in [0.15, 0.2) is 0 Å². The summed E-state index contributed by atoms with van der Waals surface area (Å²) < 4.78 is 0. The van der Waals surface area contributed by atoms with Gasteiger partial charge >= 0.3 is 0 Å². The first-order valence-electron chi connectivity index (χ1n) is 4.22. The molecular weight excluding hydrogens is 192 g/mol. The van der Waals surface area contributed by atoms with Gasteiger partial charge in [0.05, 0.1) is 6.54 Å². The molecule has 0 saturated heterocycles. The molecule has 76 valence electrons. The van der Waals surface area contributed by atoms with E-state index < -0.39 is 0 Å². The SMILES string of the molecule is CCC(C)NC(=O)CNC(=O)CCl. The normalized spacial score (nSPS) is 11.9. The van der Waals surface area contributed by atoms with Gasteiger partial charge in [0.25, 0.3) is 0 Å². The van der Waals surface area contributed by atoms with Crippen LogP contribution in [-0.4, -0.2) is 30.3 Å². The zero-order valence-corrected chi connectivity index (χ0v) is 8.65. The summed E-state index contributed by atoms with van der Waals surface area (Å²) >= 11 is 5.22. The van der Waals surface area contributed by atoms with E-state index in [0.29, 0.717) is 0 Å². The minimum Gasteiger partial charge on any atom is -0.352 e. The second-order valence-electron chi connectivity index (χ2n) is 2.79. The Labute approximate surface area is 83.0 Å². The number of hydrogen-bond acceptors (Lipinski definition) is 2. The largest absolute Gasteiger partial charge is 0.352 e. The van der Waals surface area contributed by atoms with Crippen molar-refractivity contribution in [1.82, 2.24) is 10.6 Å². The van der Waals surface area contributed by atoms with E-state index in [9.17, 15) is 9.59 Å². The van der Waals surface area contributed by atoms with Gasteiger partial charge in [0.1, 0.15) is 5.88 Å². The van der Waals surface area contributed by atoms with Crippen molar-refractivity contribution in [3.05, 3.63) is 0 Å². The monoisotopic (exact) mass is 206 g/mol. The fraction of sp³-hybridized carbons (Fsp3) is 0.750. The van der Waals surface area contributed by atoms with Crippen LogP contribution in [0.2, 0.25) is 0 Å². The van der Waals surface area contributed by atoms with Gasteiger partial charge in [-0.15, -0.1) is 11.6 Å². The molecule has 0 heterocycles. The average Bonchev–Trinajstić information content (AvgIpc) is 2.13. The van der Waals surface area contributed by atoms with Gasteiger partial charge in [-0.05, 0) is 13.3 Å². The molecule has 5 heteroatoms. The number of carbonyl (C=O) groups excluding carboxylic acids is 2. The van der Waals surface area contributed by atoms with Gasteiger partial charge in [-0.3, -0.25) is 9.59 Å². The molecule has 4 nitrogen and oxygen atoms in total. The molecule has 0 bridgehead atoms. The van der Waals surface area contributed by atoms with Crippen LogP contribution in [0.5, 0.6) is 0 Å². The molecule has 2 amide bonds. The Hall–Kier alpha value is -0.770. The lowest BCUT2D eigenvalue weighted by Crippen LogP contribution is -2.40. The molecule has 0 aliphatic carbocycles. The number of alkyl halides is 1. The van der Waals surface area contributed by atoms with Gasteiger partial charge in [-0.25, -0.2) is 0 Å². The van der Waals surface area contributed by atoms with Crippen molar-refractivity contribution in [2.75, 3.05) is 12.4 Å². The summed E-state index contributed by atoms with van der Waals surface area (Å²) in [5, 5.41) is 5.09. The first-order chi connectivity index (χ1) is 6.10. The van der Waals surface area contributed by atoms with Gasteiger partial charge in [0.2, 0.25) is 11.8 Å². The molecule has 0 aliphatic heterocycles. The summed E-state index contributed by atoms with van der Waals surface area (Å²) in [6.07, 6.45) is 0.870. The van der Waals surface area contributed by atoms with Gasteiger partial charge in [0, 0.05) is 6.04 Å². The summed E-state index contributed by atoms with van der Waals surface area (Å²) in [6.45, 7) is 3.87. The molecule has 0 spiro atoms. The first-order valence-corrected chi connectivity index (χ1v) is 4.75. The van der Waals surface area contributed by atoms with Crippen LogP contribution in [0, 0.1) is 0 Å². The fourth-order valence-corrected chi connectivity index (χ4v) is 0.749. The highest BCUT2D eigenvalue weighted by Gasteiger charge is 2.06. The average molecular weight is 207 g/mol. The molecule has 1 unspecified atom stereocenters. The van der Waals surface area contributed by atoms with Crippen LogP contribution in [0.25, 0.3) is 0 Å². The lowest BCUT2D eigenvalue weighted by molar-refractivity contribution is -0.125. The summed E-state index contributed by atoms with van der Waals surface area (Å²) in [6, 6.07) is 0.139. The maximum atomic E-state index is 11.1. The van der Waals surface area contributed by atoms with E-state index >= 15 is 0 Å². The molecule has 0 aromatic heterocycles. The van der Waals surface area contributed by atoms with Crippen molar-refractivity contribution in [3.8, 4) is 0 Å². The second kappa shape index (κ2) is 6.71. The Morgan fingerprint density at radius 1 is 1.38 bits per heavy atom. The Kier molecular flexibility index (Phi) is 6.32. The summed E-state index contributed by atoms with van der Waals surface area (Å²) in [7, 11) is 0. The number of carbonyl (C=O) groups is 2. The number of rotatable bonds is 5. The molecule has 0 aromatic carbocycles. The van der Waals surface area contributed by atoms with Crippen molar-refractivity contribution in [2.24, 2.45) is 0 Å². The lowest BCUT2D eigenvalue weighted by atomic mass is 10.2. The third-order valence-corrected chi connectivity index (χ3v) is 1.83. The standard InChI is InChI=1S/C8H15ClN2O2/c1-3-6(2)11-8(13)5-10-7(12)4-9/h6H,3-5H2,1-2H3,(H,10,12)(H,11,13). The van der Waals surface area contributed by atoms with Gasteiger partial charge < -0.3 is 10.6 Å². The molecular formula is C8H15ClN2O2. The highest BCUT2D eigenvalue weighted by Crippen LogP contribution is 1.86. The van der Waals surface area contributed by atoms with Crippen LogP contribution >= 0.6 is 11.6 Å². The topological polar surface area (TPSA) is 58.2 Å². The fourth-order valence-electron chi connectivity index (χ4n) is 0.654. The summed E-state index contributed by atoms with van der Waals surface area (Å²) in [5.74, 6) is -0.634. The summed E-state index contributed by atoms with van der Waals surface area (Å²) in [4.78, 5) is 21.7. The lowest BCUT2D eigenvalue weighted by Gasteiger charge is -2.11. The van der Waals surface area contributed by atoms with E-state index in [-0.39, 0.29) is 30.3 Å². The van der Waals surface area contributed by atoms with E-state index in [1.54, 1.807) is 0 Å². The summed E-state index contributed by atoms with van der Waals surface area (Å²) in [5.41, 5.74) is 0. The highest BCUT2D eigenvalue weighted by molar-refractivity contribution is 6.27. The van der Waals surface area contributed by atoms with Crippen molar-refractivity contribution >= 4 is 23.4 Å². The number of hydrogen-bond donors (Lipinski definition) is 2. The predicted molar refractivity (Wildman–Crippen MR) is 51.6 cm³/mol. The number of nitrogens with one attached hydrogen (secondary N) is 2. The Morgan fingerprint density at radius 3 is 2.46 bits per heavy atom. The maximum Gasteiger partial charge on any atom is 0.239 e. The molecule has 0 saturated carbocycles. The predicted octanol–water partition coefficient (Wildman–Crippen LogP) is 0.256. The number of amides is 2. The molecule has 0 radical (unpaired) electrons. The van der Waals surface area contributed by atoms with E-state index in [4.69, 9.17) is 11.6 Å². The Balaban J connectivity index is 3.57. The van der Waals surface area contributed by atoms with Crippen molar-refractivity contribution in [3.63, 3.8) is 0 Å². The second-order valence-corrected chi connectivity index (χ2v) is 3.05. The van der Waals surface area contributed by atoms with Crippen LogP contribution in [0.3, 0.4) is 0 Å². The first kappa shape index (κ1) is 12.2. The molecule has 2 N–H and O–H groups in total. The zero-order chi connectivity index (χ0) is 10.3. The van der Waals surface area contributed by atoms with Crippen LogP contribution in [0.1, 0.15) is 20.3 Å². The quantitative estimate of drug-likeness (QED) is 0.634. The smallest absolute Gasteiger partial charge is 0.239 e. The third-order valence-electron chi connectivity index (χ3n) is 1.59. The van der Waals surface area contributed by atoms with Crippen LogP contribution in [0.4, 0.5) is 0 Å². The molecule has 0 rings (SSSR count).